The fraction of sp³-hybridized carbons (Fsp3) is 0.632. The van der Waals surface area contributed by atoms with Gasteiger partial charge >= 0.3 is 0 Å². The second-order valence-electron chi connectivity index (χ2n) is 6.40. The number of unbranched alkanes of at least 4 members (excludes halogenated alkanes) is 1. The van der Waals surface area contributed by atoms with Crippen LogP contribution in [0.2, 0.25) is 0 Å². The maximum absolute atomic E-state index is 12.4. The zero-order valence-electron chi connectivity index (χ0n) is 15.8. The third kappa shape index (κ3) is 6.04. The Kier molecular flexibility index (Phi) is 9.76. The highest BCUT2D eigenvalue weighted by molar-refractivity contribution is 5.85. The van der Waals surface area contributed by atoms with Crippen LogP contribution in [0.1, 0.15) is 51.1 Å². The van der Waals surface area contributed by atoms with E-state index < -0.39 is 6.10 Å². The zero-order chi connectivity index (χ0) is 18.2. The Morgan fingerprint density at radius 2 is 2.15 bits per heavy atom. The Hall–Kier alpha value is -1.50. The number of halogens is 1. The van der Waals surface area contributed by atoms with Gasteiger partial charge in [-0.1, -0.05) is 19.4 Å². The summed E-state index contributed by atoms with van der Waals surface area (Å²) in [5.74, 6) is 1.31. The van der Waals surface area contributed by atoms with Gasteiger partial charge in [-0.15, -0.1) is 12.4 Å². The highest BCUT2D eigenvalue weighted by Crippen LogP contribution is 2.30. The number of nitrogens with one attached hydrogen (secondary N) is 1. The predicted octanol–water partition coefficient (Wildman–Crippen LogP) is 2.98. The first-order chi connectivity index (χ1) is 12.1. The molecule has 26 heavy (non-hydrogen) atoms. The summed E-state index contributed by atoms with van der Waals surface area (Å²) in [5.41, 5.74) is 6.56. The number of hydrogen-bond acceptors (Lipinski definition) is 5. The molecular weight excluding hydrogens is 356 g/mol. The number of benzene rings is 1. The summed E-state index contributed by atoms with van der Waals surface area (Å²) < 4.78 is 16.8. The standard InChI is InChI=1S/C19H30N2O4.ClH/c1-4-5-10-24-16-8-6-14(11-18(16)23-3)13(2)21-19(22)17-9-7-15(12-20)25-17;/h6,8,11,13,15,17H,4-5,7,9-10,12,20H2,1-3H3,(H,21,22);1H/t13?,15-,17+;/m1./s1. The van der Waals surface area contributed by atoms with Crippen LogP contribution >= 0.6 is 12.4 Å². The number of hydrogen-bond donors (Lipinski definition) is 2. The lowest BCUT2D eigenvalue weighted by atomic mass is 10.1. The van der Waals surface area contributed by atoms with Crippen LogP contribution in [-0.4, -0.2) is 38.4 Å². The Labute approximate surface area is 162 Å². The minimum atomic E-state index is -0.408. The first-order valence-electron chi connectivity index (χ1n) is 9.05. The van der Waals surface area contributed by atoms with Gasteiger partial charge in [0, 0.05) is 6.54 Å². The molecule has 1 heterocycles. The highest BCUT2D eigenvalue weighted by Gasteiger charge is 2.30. The van der Waals surface area contributed by atoms with Crippen molar-refractivity contribution in [3.8, 4) is 11.5 Å². The van der Waals surface area contributed by atoms with Crippen LogP contribution in [0, 0.1) is 0 Å². The molecular formula is C19H31ClN2O4. The lowest BCUT2D eigenvalue weighted by Gasteiger charge is -2.19. The fourth-order valence-corrected chi connectivity index (χ4v) is 2.86. The summed E-state index contributed by atoms with van der Waals surface area (Å²) in [6, 6.07) is 5.60. The van der Waals surface area contributed by atoms with Gasteiger partial charge in [-0.25, -0.2) is 0 Å². The van der Waals surface area contributed by atoms with Crippen molar-refractivity contribution in [1.82, 2.24) is 5.32 Å². The third-order valence-electron chi connectivity index (χ3n) is 4.46. The van der Waals surface area contributed by atoms with Crippen molar-refractivity contribution in [3.63, 3.8) is 0 Å². The Morgan fingerprint density at radius 1 is 1.38 bits per heavy atom. The van der Waals surface area contributed by atoms with E-state index in [1.165, 1.54) is 0 Å². The lowest BCUT2D eigenvalue weighted by molar-refractivity contribution is -0.132. The summed E-state index contributed by atoms with van der Waals surface area (Å²) in [5, 5.41) is 3.00. The van der Waals surface area contributed by atoms with Crippen LogP contribution in [0.4, 0.5) is 0 Å². The Morgan fingerprint density at radius 3 is 2.77 bits per heavy atom. The van der Waals surface area contributed by atoms with E-state index in [0.29, 0.717) is 25.3 Å². The van der Waals surface area contributed by atoms with Gasteiger partial charge in [0.15, 0.2) is 11.5 Å². The van der Waals surface area contributed by atoms with E-state index in [1.807, 2.05) is 25.1 Å². The summed E-state index contributed by atoms with van der Waals surface area (Å²) >= 11 is 0. The molecule has 1 aliphatic rings. The molecule has 6 nitrogen and oxygen atoms in total. The van der Waals surface area contributed by atoms with Gasteiger partial charge in [0.2, 0.25) is 5.91 Å². The minimum Gasteiger partial charge on any atom is -0.493 e. The van der Waals surface area contributed by atoms with E-state index in [4.69, 9.17) is 19.9 Å². The number of carbonyl (C=O) groups excluding carboxylic acids is 1. The van der Waals surface area contributed by atoms with Gasteiger partial charge in [-0.3, -0.25) is 4.79 Å². The Balaban J connectivity index is 0.00000338. The molecule has 0 radical (unpaired) electrons. The molecule has 1 aliphatic heterocycles. The topological polar surface area (TPSA) is 82.8 Å². The van der Waals surface area contributed by atoms with Crippen molar-refractivity contribution < 1.29 is 19.0 Å². The van der Waals surface area contributed by atoms with Gasteiger partial charge in [0.05, 0.1) is 25.9 Å². The van der Waals surface area contributed by atoms with E-state index in [1.54, 1.807) is 7.11 Å². The average Bonchev–Trinajstić information content (AvgIpc) is 3.11. The molecule has 1 aromatic rings. The van der Waals surface area contributed by atoms with Gasteiger partial charge in [-0.2, -0.15) is 0 Å². The Bertz CT molecular complexity index is 570. The van der Waals surface area contributed by atoms with Crippen LogP contribution in [0.5, 0.6) is 11.5 Å². The number of carbonyl (C=O) groups is 1. The molecule has 2 rings (SSSR count). The van der Waals surface area contributed by atoms with Gasteiger partial charge in [0.1, 0.15) is 6.10 Å². The summed E-state index contributed by atoms with van der Waals surface area (Å²) in [6.45, 7) is 5.19. The van der Waals surface area contributed by atoms with E-state index in [2.05, 4.69) is 12.2 Å². The van der Waals surface area contributed by atoms with E-state index >= 15 is 0 Å². The summed E-state index contributed by atoms with van der Waals surface area (Å²) in [7, 11) is 1.62. The lowest BCUT2D eigenvalue weighted by Crippen LogP contribution is -2.37. The number of ether oxygens (including phenoxy) is 3. The third-order valence-corrected chi connectivity index (χ3v) is 4.46. The number of nitrogens with two attached hydrogens (primary N) is 1. The smallest absolute Gasteiger partial charge is 0.249 e. The molecule has 0 aliphatic carbocycles. The molecule has 7 heteroatoms. The van der Waals surface area contributed by atoms with E-state index in [-0.39, 0.29) is 30.5 Å². The maximum atomic E-state index is 12.4. The number of methoxy groups -OCH3 is 1. The van der Waals surface area contributed by atoms with Crippen LogP contribution in [-0.2, 0) is 9.53 Å². The molecule has 0 saturated carbocycles. The summed E-state index contributed by atoms with van der Waals surface area (Å²) in [6.07, 6.45) is 3.22. The van der Waals surface area contributed by atoms with Crippen molar-refractivity contribution in [2.45, 2.75) is 57.8 Å². The molecule has 1 unspecified atom stereocenters. The van der Waals surface area contributed by atoms with Gasteiger partial charge in [-0.05, 0) is 43.9 Å². The van der Waals surface area contributed by atoms with Crippen LogP contribution < -0.4 is 20.5 Å². The van der Waals surface area contributed by atoms with Gasteiger partial charge in [0.25, 0.3) is 0 Å². The van der Waals surface area contributed by atoms with Crippen molar-refractivity contribution in [2.24, 2.45) is 5.73 Å². The SMILES string of the molecule is CCCCOc1ccc(C(C)NC(=O)[C@@H]2CC[C@H](CN)O2)cc1OC.Cl. The predicted molar refractivity (Wildman–Crippen MR) is 104 cm³/mol. The molecule has 148 valence electrons. The molecule has 1 aromatic carbocycles. The van der Waals surface area contributed by atoms with Gasteiger partial charge < -0.3 is 25.3 Å². The van der Waals surface area contributed by atoms with E-state index in [9.17, 15) is 4.79 Å². The maximum Gasteiger partial charge on any atom is 0.249 e. The summed E-state index contributed by atoms with van der Waals surface area (Å²) in [4.78, 5) is 12.4. The van der Waals surface area contributed by atoms with E-state index in [0.717, 1.165) is 30.6 Å². The first kappa shape index (κ1) is 22.5. The fourth-order valence-electron chi connectivity index (χ4n) is 2.86. The quantitative estimate of drug-likeness (QED) is 0.637. The molecule has 0 bridgehead atoms. The van der Waals surface area contributed by atoms with Crippen LogP contribution in [0.25, 0.3) is 0 Å². The number of amides is 1. The van der Waals surface area contributed by atoms with Crippen LogP contribution in [0.3, 0.4) is 0 Å². The van der Waals surface area contributed by atoms with Crippen molar-refractivity contribution in [2.75, 3.05) is 20.3 Å². The second-order valence-corrected chi connectivity index (χ2v) is 6.40. The van der Waals surface area contributed by atoms with Crippen molar-refractivity contribution in [1.29, 1.82) is 0 Å². The van der Waals surface area contributed by atoms with Crippen molar-refractivity contribution in [3.05, 3.63) is 23.8 Å². The largest absolute Gasteiger partial charge is 0.493 e. The molecule has 0 aromatic heterocycles. The first-order valence-corrected chi connectivity index (χ1v) is 9.05. The second kappa shape index (κ2) is 11.3. The molecule has 0 spiro atoms. The van der Waals surface area contributed by atoms with Crippen LogP contribution in [0.15, 0.2) is 18.2 Å². The molecule has 3 atom stereocenters. The zero-order valence-corrected chi connectivity index (χ0v) is 16.6. The normalized spacial score (nSPS) is 20.2. The molecule has 1 fully saturated rings. The monoisotopic (exact) mass is 386 g/mol. The van der Waals surface area contributed by atoms with Crippen molar-refractivity contribution >= 4 is 18.3 Å². The molecule has 1 saturated heterocycles. The minimum absolute atomic E-state index is 0. The number of rotatable bonds is 9. The molecule has 3 N–H and O–H groups in total. The average molecular weight is 387 g/mol. The molecule has 1 amide bonds. The highest BCUT2D eigenvalue weighted by atomic mass is 35.5.